The van der Waals surface area contributed by atoms with Crippen LogP contribution in [0.2, 0.25) is 0 Å². The lowest BCUT2D eigenvalue weighted by Gasteiger charge is -2.61. The molecule has 0 aromatic rings. The zero-order valence-corrected chi connectivity index (χ0v) is 19.0. The van der Waals surface area contributed by atoms with Crippen LogP contribution in [0.5, 0.6) is 0 Å². The minimum atomic E-state index is -3.23. The molecule has 0 unspecified atom stereocenters. The number of hydrogen-bond acceptors (Lipinski definition) is 2. The van der Waals surface area contributed by atoms with Crippen molar-refractivity contribution in [1.82, 2.24) is 0 Å². The molecule has 158 valence electrons. The van der Waals surface area contributed by atoms with Crippen LogP contribution in [0.15, 0.2) is 21.0 Å². The second-order valence-corrected chi connectivity index (χ2v) is 15.0. The van der Waals surface area contributed by atoms with E-state index in [0.29, 0.717) is 0 Å². The Hall–Kier alpha value is -0.570. The van der Waals surface area contributed by atoms with Crippen LogP contribution < -0.4 is 0 Å². The van der Waals surface area contributed by atoms with Crippen LogP contribution in [-0.2, 0) is 9.84 Å². The molecule has 1 heterocycles. The molecule has 9 aliphatic rings. The Bertz CT molecular complexity index is 820. The Morgan fingerprint density at radius 3 is 1.03 bits per heavy atom. The molecule has 8 aliphatic carbocycles. The van der Waals surface area contributed by atoms with Crippen LogP contribution in [-0.4, -0.2) is 8.42 Å². The van der Waals surface area contributed by atoms with Gasteiger partial charge in [-0.2, -0.15) is 0 Å². The van der Waals surface area contributed by atoms with E-state index in [4.69, 9.17) is 0 Å². The molecule has 8 saturated carbocycles. The zero-order valence-electron chi connectivity index (χ0n) is 18.2. The minimum Gasteiger partial charge on any atom is -0.219 e. The highest BCUT2D eigenvalue weighted by atomic mass is 32.2. The van der Waals surface area contributed by atoms with E-state index in [9.17, 15) is 8.42 Å². The fourth-order valence-electron chi connectivity index (χ4n) is 11.0. The first-order valence-electron chi connectivity index (χ1n) is 12.5. The van der Waals surface area contributed by atoms with Gasteiger partial charge in [0.15, 0.2) is 9.84 Å². The summed E-state index contributed by atoms with van der Waals surface area (Å²) in [7, 11) is -3.23. The third-order valence-electron chi connectivity index (χ3n) is 10.9. The lowest BCUT2D eigenvalue weighted by Crippen LogP contribution is -2.51. The molecule has 0 N–H and O–H groups in total. The highest BCUT2D eigenvalue weighted by Gasteiger charge is 2.61. The summed E-state index contributed by atoms with van der Waals surface area (Å²) in [6.45, 7) is 3.97. The minimum absolute atomic E-state index is 0.197. The van der Waals surface area contributed by atoms with Gasteiger partial charge in [0.05, 0.1) is 0 Å². The summed E-state index contributed by atoms with van der Waals surface area (Å²) in [6, 6.07) is 0. The highest BCUT2D eigenvalue weighted by Crippen LogP contribution is 2.71. The first-order chi connectivity index (χ1) is 13.8. The van der Waals surface area contributed by atoms with Gasteiger partial charge in [-0.3, -0.25) is 0 Å². The van der Waals surface area contributed by atoms with E-state index in [0.717, 1.165) is 45.3 Å². The molecular weight excluding hydrogens is 376 g/mol. The van der Waals surface area contributed by atoms with Crippen LogP contribution in [0, 0.1) is 46.3 Å². The molecule has 0 radical (unpaired) electrons. The van der Waals surface area contributed by atoms with Gasteiger partial charge in [-0.15, -0.1) is 0 Å². The molecule has 0 amide bonds. The zero-order chi connectivity index (χ0) is 19.8. The largest absolute Gasteiger partial charge is 0.219 e. The molecule has 0 saturated heterocycles. The first-order valence-corrected chi connectivity index (χ1v) is 13.9. The molecule has 0 atom stereocenters. The Kier molecular flexibility index (Phi) is 3.38. The number of rotatable bonds is 2. The lowest BCUT2D eigenvalue weighted by molar-refractivity contribution is -0.0457. The monoisotopic (exact) mass is 412 g/mol. The van der Waals surface area contributed by atoms with Gasteiger partial charge in [-0.25, -0.2) is 8.42 Å². The lowest BCUT2D eigenvalue weighted by atomic mass is 9.43. The van der Waals surface area contributed by atoms with Crippen molar-refractivity contribution in [2.24, 2.45) is 46.3 Å². The van der Waals surface area contributed by atoms with E-state index >= 15 is 0 Å². The number of hydrogen-bond donors (Lipinski definition) is 0. The normalized spacial score (nSPS) is 54.1. The summed E-state index contributed by atoms with van der Waals surface area (Å²) in [5.41, 5.74) is 3.19. The van der Waals surface area contributed by atoms with Gasteiger partial charge in [0.1, 0.15) is 0 Å². The molecule has 2 nitrogen and oxygen atoms in total. The first kappa shape index (κ1) is 18.0. The average Bonchev–Trinajstić information content (AvgIpc) is 2.80. The second kappa shape index (κ2) is 5.43. The standard InChI is InChI=1S/C26H36O2S/c1-15-23(25-9-17-3-18(10-25)5-19(4-17)11-25)24(16(2)29(15,27)28)26-12-20-6-21(13-26)8-22(7-20)14-26/h17-22H,3-14H2,1-2H3. The van der Waals surface area contributed by atoms with Gasteiger partial charge in [-0.1, -0.05) is 0 Å². The van der Waals surface area contributed by atoms with E-state index in [1.807, 2.05) is 13.8 Å². The molecule has 8 fully saturated rings. The predicted molar refractivity (Wildman–Crippen MR) is 116 cm³/mol. The number of sulfone groups is 1. The van der Waals surface area contributed by atoms with E-state index in [-0.39, 0.29) is 10.8 Å². The summed E-state index contributed by atoms with van der Waals surface area (Å²) in [4.78, 5) is 1.56. The van der Waals surface area contributed by atoms with Gasteiger partial charge in [0.25, 0.3) is 0 Å². The van der Waals surface area contributed by atoms with Gasteiger partial charge >= 0.3 is 0 Å². The van der Waals surface area contributed by atoms with Crippen LogP contribution in [0.1, 0.15) is 90.9 Å². The maximum atomic E-state index is 13.6. The maximum absolute atomic E-state index is 13.6. The molecule has 0 aromatic carbocycles. The Morgan fingerprint density at radius 2 is 0.793 bits per heavy atom. The molecule has 1 aliphatic heterocycles. The average molecular weight is 413 g/mol. The van der Waals surface area contributed by atoms with E-state index in [1.165, 1.54) is 88.2 Å². The summed E-state index contributed by atoms with van der Waals surface area (Å²) in [6.07, 6.45) is 16.2. The summed E-state index contributed by atoms with van der Waals surface area (Å²) in [5, 5.41) is 0. The number of allylic oxidation sites excluding steroid dienone is 4. The molecule has 9 rings (SSSR count). The van der Waals surface area contributed by atoms with Crippen molar-refractivity contribution in [2.45, 2.75) is 90.9 Å². The quantitative estimate of drug-likeness (QED) is 0.526. The maximum Gasteiger partial charge on any atom is 0.199 e. The fraction of sp³-hybridized carbons (Fsp3) is 0.846. The van der Waals surface area contributed by atoms with Crippen molar-refractivity contribution < 1.29 is 8.42 Å². The SMILES string of the molecule is CC1=C(C23CC4CC(CC(C4)C2)C3)C(C23CC4CC(CC(C4)C2)C3)=C(C)S1(=O)=O. The van der Waals surface area contributed by atoms with E-state index < -0.39 is 9.84 Å². The van der Waals surface area contributed by atoms with Crippen molar-refractivity contribution in [3.8, 4) is 0 Å². The van der Waals surface area contributed by atoms with Crippen LogP contribution in [0.25, 0.3) is 0 Å². The Morgan fingerprint density at radius 1 is 0.552 bits per heavy atom. The highest BCUT2D eigenvalue weighted by molar-refractivity contribution is 7.99. The fourth-order valence-corrected chi connectivity index (χ4v) is 12.6. The van der Waals surface area contributed by atoms with Crippen molar-refractivity contribution >= 4 is 9.84 Å². The molecule has 8 bridgehead atoms. The van der Waals surface area contributed by atoms with Crippen molar-refractivity contribution in [3.05, 3.63) is 21.0 Å². The van der Waals surface area contributed by atoms with Gasteiger partial charge in [-0.05, 0) is 148 Å². The topological polar surface area (TPSA) is 34.1 Å². The summed E-state index contributed by atoms with van der Waals surface area (Å²) in [5.74, 6) is 5.18. The van der Waals surface area contributed by atoms with Gasteiger partial charge < -0.3 is 0 Å². The van der Waals surface area contributed by atoms with Gasteiger partial charge in [0.2, 0.25) is 0 Å². The molecule has 3 heteroatoms. The molecule has 0 spiro atoms. The van der Waals surface area contributed by atoms with Crippen molar-refractivity contribution in [1.29, 1.82) is 0 Å². The smallest absolute Gasteiger partial charge is 0.199 e. The van der Waals surface area contributed by atoms with Gasteiger partial charge in [0, 0.05) is 9.81 Å². The van der Waals surface area contributed by atoms with Crippen LogP contribution in [0.4, 0.5) is 0 Å². The molecule has 29 heavy (non-hydrogen) atoms. The second-order valence-electron chi connectivity index (χ2n) is 12.8. The molecular formula is C26H36O2S. The summed E-state index contributed by atoms with van der Waals surface area (Å²) < 4.78 is 27.2. The predicted octanol–water partition coefficient (Wildman–Crippen LogP) is 6.40. The third kappa shape index (κ3) is 2.22. The van der Waals surface area contributed by atoms with Crippen molar-refractivity contribution in [2.75, 3.05) is 0 Å². The summed E-state index contributed by atoms with van der Waals surface area (Å²) >= 11 is 0. The Labute approximate surface area is 176 Å². The van der Waals surface area contributed by atoms with Crippen LogP contribution >= 0.6 is 0 Å². The van der Waals surface area contributed by atoms with Crippen molar-refractivity contribution in [3.63, 3.8) is 0 Å². The van der Waals surface area contributed by atoms with E-state index in [2.05, 4.69) is 0 Å². The molecule has 0 aromatic heterocycles. The van der Waals surface area contributed by atoms with Crippen LogP contribution in [0.3, 0.4) is 0 Å². The van der Waals surface area contributed by atoms with E-state index in [1.54, 1.807) is 0 Å². The Balaban J connectivity index is 1.42. The third-order valence-corrected chi connectivity index (χ3v) is 12.9.